The topological polar surface area (TPSA) is 29.5 Å². The summed E-state index contributed by atoms with van der Waals surface area (Å²) < 4.78 is 6.11. The maximum atomic E-state index is 12.4. The lowest BCUT2D eigenvalue weighted by atomic mass is 10.1. The molecule has 20 heavy (non-hydrogen) atoms. The minimum absolute atomic E-state index is 0.00656. The SMILES string of the molecule is COc1ccc(C(C)N(C)C(=O)c2csc(Br)c2)cc1. The van der Waals surface area contributed by atoms with Crippen molar-refractivity contribution in [3.05, 3.63) is 50.6 Å². The number of carbonyl (C=O) groups is 1. The molecule has 106 valence electrons. The van der Waals surface area contributed by atoms with Crippen LogP contribution < -0.4 is 4.74 Å². The summed E-state index contributed by atoms with van der Waals surface area (Å²) >= 11 is 4.90. The van der Waals surface area contributed by atoms with Gasteiger partial charge < -0.3 is 9.64 Å². The fourth-order valence-electron chi connectivity index (χ4n) is 1.91. The van der Waals surface area contributed by atoms with Gasteiger partial charge in [0.2, 0.25) is 0 Å². The van der Waals surface area contributed by atoms with Crippen molar-refractivity contribution in [1.29, 1.82) is 0 Å². The van der Waals surface area contributed by atoms with E-state index in [0.29, 0.717) is 5.56 Å². The van der Waals surface area contributed by atoms with E-state index in [9.17, 15) is 4.79 Å². The lowest BCUT2D eigenvalue weighted by Gasteiger charge is -2.25. The van der Waals surface area contributed by atoms with E-state index in [4.69, 9.17) is 4.74 Å². The normalized spacial score (nSPS) is 12.0. The van der Waals surface area contributed by atoms with Crippen molar-refractivity contribution in [1.82, 2.24) is 4.90 Å². The van der Waals surface area contributed by atoms with Gasteiger partial charge in [-0.25, -0.2) is 0 Å². The zero-order valence-corrected chi connectivity index (χ0v) is 14.0. The van der Waals surface area contributed by atoms with E-state index in [1.54, 1.807) is 12.0 Å². The van der Waals surface area contributed by atoms with E-state index in [-0.39, 0.29) is 11.9 Å². The Morgan fingerprint density at radius 3 is 2.50 bits per heavy atom. The number of amides is 1. The Hall–Kier alpha value is -1.33. The summed E-state index contributed by atoms with van der Waals surface area (Å²) in [5.74, 6) is 0.840. The smallest absolute Gasteiger partial charge is 0.254 e. The fraction of sp³-hybridized carbons (Fsp3) is 0.267. The van der Waals surface area contributed by atoms with Gasteiger partial charge in [-0.3, -0.25) is 4.79 Å². The maximum Gasteiger partial charge on any atom is 0.254 e. The van der Waals surface area contributed by atoms with Crippen molar-refractivity contribution in [2.75, 3.05) is 14.2 Å². The van der Waals surface area contributed by atoms with Crippen LogP contribution in [0.15, 0.2) is 39.5 Å². The number of ether oxygens (including phenoxy) is 1. The lowest BCUT2D eigenvalue weighted by molar-refractivity contribution is 0.0743. The first-order valence-electron chi connectivity index (χ1n) is 6.18. The molecule has 0 radical (unpaired) electrons. The molecule has 0 aliphatic heterocycles. The molecule has 1 heterocycles. The van der Waals surface area contributed by atoms with E-state index < -0.39 is 0 Å². The summed E-state index contributed by atoms with van der Waals surface area (Å²) in [5, 5.41) is 1.86. The Balaban J connectivity index is 2.14. The first kappa shape index (κ1) is 15.1. The predicted molar refractivity (Wildman–Crippen MR) is 85.5 cm³/mol. The number of halogens is 1. The Bertz CT molecular complexity index is 594. The number of hydrogen-bond donors (Lipinski definition) is 0. The maximum absolute atomic E-state index is 12.4. The molecule has 0 saturated carbocycles. The van der Waals surface area contributed by atoms with E-state index in [1.165, 1.54) is 11.3 Å². The molecule has 5 heteroatoms. The van der Waals surface area contributed by atoms with E-state index in [2.05, 4.69) is 15.9 Å². The molecular weight excluding hydrogens is 338 g/mol. The van der Waals surface area contributed by atoms with Crippen LogP contribution in [-0.4, -0.2) is 25.0 Å². The summed E-state index contributed by atoms with van der Waals surface area (Å²) in [7, 11) is 3.46. The first-order valence-corrected chi connectivity index (χ1v) is 7.85. The zero-order valence-electron chi connectivity index (χ0n) is 11.6. The molecule has 0 aliphatic carbocycles. The van der Waals surface area contributed by atoms with Crippen molar-refractivity contribution < 1.29 is 9.53 Å². The highest BCUT2D eigenvalue weighted by Gasteiger charge is 2.19. The fourth-order valence-corrected chi connectivity index (χ4v) is 3.04. The Morgan fingerprint density at radius 2 is 2.00 bits per heavy atom. The quantitative estimate of drug-likeness (QED) is 0.817. The van der Waals surface area contributed by atoms with Gasteiger partial charge in [0.05, 0.1) is 22.5 Å². The van der Waals surface area contributed by atoms with Crippen molar-refractivity contribution in [2.24, 2.45) is 0 Å². The molecule has 2 rings (SSSR count). The molecule has 1 aromatic carbocycles. The summed E-state index contributed by atoms with van der Waals surface area (Å²) in [6, 6.07) is 9.64. The van der Waals surface area contributed by atoms with Crippen LogP contribution in [0.2, 0.25) is 0 Å². The van der Waals surface area contributed by atoms with Gasteiger partial charge in [-0.15, -0.1) is 11.3 Å². The second-order valence-corrected chi connectivity index (χ2v) is 6.80. The first-order chi connectivity index (χ1) is 9.52. The van der Waals surface area contributed by atoms with Gasteiger partial charge in [-0.05, 0) is 46.6 Å². The minimum Gasteiger partial charge on any atom is -0.497 e. The van der Waals surface area contributed by atoms with Gasteiger partial charge in [0.15, 0.2) is 0 Å². The number of nitrogens with zero attached hydrogens (tertiary/aromatic N) is 1. The molecule has 1 aromatic heterocycles. The Labute approximate surface area is 131 Å². The third kappa shape index (κ3) is 3.22. The molecular formula is C15H16BrNO2S. The highest BCUT2D eigenvalue weighted by Crippen LogP contribution is 2.26. The Morgan fingerprint density at radius 1 is 1.35 bits per heavy atom. The molecule has 1 atom stereocenters. The highest BCUT2D eigenvalue weighted by atomic mass is 79.9. The molecule has 0 bridgehead atoms. The molecule has 0 fully saturated rings. The zero-order chi connectivity index (χ0) is 14.7. The molecule has 1 unspecified atom stereocenters. The second kappa shape index (κ2) is 6.41. The van der Waals surface area contributed by atoms with Crippen LogP contribution in [0.3, 0.4) is 0 Å². The summed E-state index contributed by atoms with van der Waals surface area (Å²) in [6.07, 6.45) is 0. The molecule has 3 nitrogen and oxygen atoms in total. The summed E-state index contributed by atoms with van der Waals surface area (Å²) in [6.45, 7) is 2.02. The van der Waals surface area contributed by atoms with Crippen LogP contribution in [0, 0.1) is 0 Å². The van der Waals surface area contributed by atoms with Crippen LogP contribution in [0.5, 0.6) is 5.75 Å². The minimum atomic E-state index is 0.00656. The largest absolute Gasteiger partial charge is 0.497 e. The number of rotatable bonds is 4. The van der Waals surface area contributed by atoms with Crippen LogP contribution in [0.4, 0.5) is 0 Å². The number of benzene rings is 1. The van der Waals surface area contributed by atoms with Gasteiger partial charge >= 0.3 is 0 Å². The molecule has 0 spiro atoms. The monoisotopic (exact) mass is 353 g/mol. The third-order valence-electron chi connectivity index (χ3n) is 3.31. The highest BCUT2D eigenvalue weighted by molar-refractivity contribution is 9.11. The number of hydrogen-bond acceptors (Lipinski definition) is 3. The van der Waals surface area contributed by atoms with Gasteiger partial charge in [-0.1, -0.05) is 12.1 Å². The Kier molecular flexibility index (Phi) is 4.83. The van der Waals surface area contributed by atoms with Crippen LogP contribution in [0.1, 0.15) is 28.9 Å². The second-order valence-electron chi connectivity index (χ2n) is 4.50. The summed E-state index contributed by atoms with van der Waals surface area (Å²) in [5.41, 5.74) is 1.79. The van der Waals surface area contributed by atoms with Gasteiger partial charge in [-0.2, -0.15) is 0 Å². The van der Waals surface area contributed by atoms with Crippen LogP contribution in [-0.2, 0) is 0 Å². The van der Waals surface area contributed by atoms with Gasteiger partial charge in [0.25, 0.3) is 5.91 Å². The molecule has 0 saturated heterocycles. The van der Waals surface area contributed by atoms with E-state index in [1.807, 2.05) is 49.7 Å². The average molecular weight is 354 g/mol. The predicted octanol–water partition coefficient (Wildman–Crippen LogP) is 4.35. The van der Waals surface area contributed by atoms with E-state index >= 15 is 0 Å². The van der Waals surface area contributed by atoms with Crippen molar-refractivity contribution in [3.8, 4) is 5.75 Å². The van der Waals surface area contributed by atoms with Gasteiger partial charge in [0.1, 0.15) is 5.75 Å². The summed E-state index contributed by atoms with van der Waals surface area (Å²) in [4.78, 5) is 14.1. The van der Waals surface area contributed by atoms with Crippen molar-refractivity contribution >= 4 is 33.2 Å². The molecule has 2 aromatic rings. The van der Waals surface area contributed by atoms with E-state index in [0.717, 1.165) is 15.1 Å². The van der Waals surface area contributed by atoms with Crippen molar-refractivity contribution in [3.63, 3.8) is 0 Å². The van der Waals surface area contributed by atoms with Crippen molar-refractivity contribution in [2.45, 2.75) is 13.0 Å². The number of methoxy groups -OCH3 is 1. The average Bonchev–Trinajstić information content (AvgIpc) is 2.91. The van der Waals surface area contributed by atoms with Crippen LogP contribution in [0.25, 0.3) is 0 Å². The number of carbonyl (C=O) groups excluding carboxylic acids is 1. The van der Waals surface area contributed by atoms with Crippen LogP contribution >= 0.6 is 27.3 Å². The van der Waals surface area contributed by atoms with Gasteiger partial charge in [0, 0.05) is 12.4 Å². The third-order valence-corrected chi connectivity index (χ3v) is 4.82. The molecule has 0 N–H and O–H groups in total. The standard InChI is InChI=1S/C15H16BrNO2S/c1-10(11-4-6-13(19-3)7-5-11)17(2)15(18)12-8-14(16)20-9-12/h4-10H,1-3H3. The molecule has 0 aliphatic rings. The number of thiophene rings is 1. The lowest BCUT2D eigenvalue weighted by Crippen LogP contribution is -2.29. The molecule has 1 amide bonds.